The van der Waals surface area contributed by atoms with Crippen molar-refractivity contribution in [3.05, 3.63) is 119 Å². The van der Waals surface area contributed by atoms with E-state index in [9.17, 15) is 15.0 Å². The summed E-state index contributed by atoms with van der Waals surface area (Å²) in [5.41, 5.74) is 5.24. The van der Waals surface area contributed by atoms with Gasteiger partial charge in [0.1, 0.15) is 24.7 Å². The maximum atomic E-state index is 12.8. The van der Waals surface area contributed by atoms with Crippen molar-refractivity contribution in [3.63, 3.8) is 0 Å². The minimum Gasteiger partial charge on any atom is -0.504 e. The lowest BCUT2D eigenvalue weighted by molar-refractivity contribution is 0.0950. The summed E-state index contributed by atoms with van der Waals surface area (Å²) in [6, 6.07) is 28.6. The number of phenols is 2. The molecule has 0 aliphatic heterocycles. The minimum absolute atomic E-state index is 0.235. The molecule has 4 aromatic carbocycles. The number of carbonyl (C=O) groups is 1. The van der Waals surface area contributed by atoms with Crippen LogP contribution >= 0.6 is 0 Å². The highest BCUT2D eigenvalue weighted by Crippen LogP contribution is 2.27. The van der Waals surface area contributed by atoms with Crippen LogP contribution in [0.2, 0.25) is 0 Å². The van der Waals surface area contributed by atoms with E-state index in [2.05, 4.69) is 10.5 Å². The van der Waals surface area contributed by atoms with E-state index in [0.29, 0.717) is 29.2 Å². The van der Waals surface area contributed by atoms with Gasteiger partial charge in [0.15, 0.2) is 11.5 Å². The predicted octanol–water partition coefficient (Wildman–Crippen LogP) is 5.02. The van der Waals surface area contributed by atoms with Gasteiger partial charge in [-0.25, -0.2) is 5.43 Å². The van der Waals surface area contributed by atoms with Crippen LogP contribution in [0, 0.1) is 0 Å². The number of amides is 1. The van der Waals surface area contributed by atoms with Crippen LogP contribution in [-0.4, -0.2) is 22.3 Å². The quantitative estimate of drug-likeness (QED) is 0.182. The number of hydrogen-bond acceptors (Lipinski definition) is 6. The molecule has 7 heteroatoms. The van der Waals surface area contributed by atoms with E-state index < -0.39 is 5.91 Å². The van der Waals surface area contributed by atoms with Crippen LogP contribution < -0.4 is 14.9 Å². The molecule has 1 amide bonds. The number of aromatic hydroxyl groups is 2. The Morgan fingerprint density at radius 1 is 0.771 bits per heavy atom. The maximum Gasteiger partial charge on any atom is 0.275 e. The molecule has 0 bridgehead atoms. The Morgan fingerprint density at radius 2 is 1.43 bits per heavy atom. The molecule has 0 heterocycles. The molecule has 0 saturated carbocycles. The molecule has 4 aromatic rings. The Labute approximate surface area is 202 Å². The van der Waals surface area contributed by atoms with Gasteiger partial charge in [0.25, 0.3) is 5.91 Å². The summed E-state index contributed by atoms with van der Waals surface area (Å²) in [6.45, 7) is 0.660. The third-order valence-corrected chi connectivity index (χ3v) is 5.06. The third kappa shape index (κ3) is 6.61. The lowest BCUT2D eigenvalue weighted by Crippen LogP contribution is -2.19. The van der Waals surface area contributed by atoms with Crippen LogP contribution in [0.5, 0.6) is 23.0 Å². The summed E-state index contributed by atoms with van der Waals surface area (Å²) < 4.78 is 11.9. The zero-order valence-corrected chi connectivity index (χ0v) is 18.8. The fraction of sp³-hybridized carbons (Fsp3) is 0.0714. The van der Waals surface area contributed by atoms with E-state index in [0.717, 1.165) is 11.1 Å². The fourth-order valence-corrected chi connectivity index (χ4v) is 3.22. The molecule has 0 spiro atoms. The smallest absolute Gasteiger partial charge is 0.275 e. The first-order valence-electron chi connectivity index (χ1n) is 10.9. The summed E-state index contributed by atoms with van der Waals surface area (Å²) in [6.07, 6.45) is 1.36. The van der Waals surface area contributed by atoms with Crippen LogP contribution in [0.15, 0.2) is 102 Å². The van der Waals surface area contributed by atoms with Gasteiger partial charge in [0.2, 0.25) is 0 Å². The van der Waals surface area contributed by atoms with Crippen molar-refractivity contribution in [1.29, 1.82) is 0 Å². The SMILES string of the molecule is O=C(N/N=C\c1ccc(O)c(O)c1)c1ccc(OCc2ccccc2)cc1OCc1ccccc1. The molecule has 0 atom stereocenters. The van der Waals surface area contributed by atoms with Gasteiger partial charge in [-0.2, -0.15) is 5.10 Å². The first-order valence-corrected chi connectivity index (χ1v) is 10.9. The van der Waals surface area contributed by atoms with E-state index >= 15 is 0 Å². The Bertz CT molecular complexity index is 1310. The lowest BCUT2D eigenvalue weighted by Gasteiger charge is -2.13. The minimum atomic E-state index is -0.470. The molecule has 0 aliphatic rings. The first kappa shape index (κ1) is 23.4. The molecule has 35 heavy (non-hydrogen) atoms. The summed E-state index contributed by atoms with van der Waals surface area (Å²) in [7, 11) is 0. The summed E-state index contributed by atoms with van der Waals surface area (Å²) >= 11 is 0. The summed E-state index contributed by atoms with van der Waals surface area (Å²) in [5.74, 6) is -0.0585. The monoisotopic (exact) mass is 468 g/mol. The van der Waals surface area contributed by atoms with Crippen LogP contribution in [0.3, 0.4) is 0 Å². The van der Waals surface area contributed by atoms with Crippen molar-refractivity contribution in [2.24, 2.45) is 5.10 Å². The summed E-state index contributed by atoms with van der Waals surface area (Å²) in [4.78, 5) is 12.8. The van der Waals surface area contributed by atoms with Crippen molar-refractivity contribution in [3.8, 4) is 23.0 Å². The Balaban J connectivity index is 1.49. The predicted molar refractivity (Wildman–Crippen MR) is 133 cm³/mol. The van der Waals surface area contributed by atoms with E-state index in [1.807, 2.05) is 60.7 Å². The lowest BCUT2D eigenvalue weighted by atomic mass is 10.1. The molecule has 4 rings (SSSR count). The molecule has 0 aromatic heterocycles. The molecule has 0 saturated heterocycles. The van der Waals surface area contributed by atoms with Gasteiger partial charge >= 0.3 is 0 Å². The highest BCUT2D eigenvalue weighted by atomic mass is 16.5. The standard InChI is InChI=1S/C28H24N2O5/c31-25-14-11-22(15-26(25)32)17-29-30-28(33)24-13-12-23(34-18-20-7-3-1-4-8-20)16-27(24)35-19-21-9-5-2-6-10-21/h1-17,31-32H,18-19H2,(H,30,33)/b29-17-. The average Bonchev–Trinajstić information content (AvgIpc) is 2.89. The van der Waals surface area contributed by atoms with Gasteiger partial charge in [-0.15, -0.1) is 0 Å². The molecule has 0 aliphatic carbocycles. The fourth-order valence-electron chi connectivity index (χ4n) is 3.22. The van der Waals surface area contributed by atoms with Crippen molar-refractivity contribution < 1.29 is 24.5 Å². The van der Waals surface area contributed by atoms with Gasteiger partial charge in [0.05, 0.1) is 11.8 Å². The zero-order chi connectivity index (χ0) is 24.5. The van der Waals surface area contributed by atoms with Crippen molar-refractivity contribution >= 4 is 12.1 Å². The van der Waals surface area contributed by atoms with Gasteiger partial charge in [0, 0.05) is 6.07 Å². The highest BCUT2D eigenvalue weighted by molar-refractivity contribution is 5.97. The number of ether oxygens (including phenoxy) is 2. The number of hydrazone groups is 1. The Hall–Kier alpha value is -4.78. The number of nitrogens with one attached hydrogen (secondary N) is 1. The zero-order valence-electron chi connectivity index (χ0n) is 18.8. The van der Waals surface area contributed by atoms with Crippen LogP contribution in [0.1, 0.15) is 27.0 Å². The van der Waals surface area contributed by atoms with E-state index in [4.69, 9.17) is 9.47 Å². The molecule has 0 fully saturated rings. The third-order valence-electron chi connectivity index (χ3n) is 5.06. The van der Waals surface area contributed by atoms with Crippen LogP contribution in [-0.2, 0) is 13.2 Å². The van der Waals surface area contributed by atoms with Crippen molar-refractivity contribution in [2.75, 3.05) is 0 Å². The number of rotatable bonds is 9. The number of benzene rings is 4. The molecule has 176 valence electrons. The normalized spacial score (nSPS) is 10.7. The molecule has 3 N–H and O–H groups in total. The molecular formula is C28H24N2O5. The van der Waals surface area contributed by atoms with Crippen molar-refractivity contribution in [1.82, 2.24) is 5.43 Å². The van der Waals surface area contributed by atoms with Crippen molar-refractivity contribution in [2.45, 2.75) is 13.2 Å². The number of carbonyl (C=O) groups excluding carboxylic acids is 1. The number of nitrogens with zero attached hydrogens (tertiary/aromatic N) is 1. The molecule has 0 unspecified atom stereocenters. The average molecular weight is 469 g/mol. The molecule has 0 radical (unpaired) electrons. The highest BCUT2D eigenvalue weighted by Gasteiger charge is 2.14. The van der Waals surface area contributed by atoms with Gasteiger partial charge in [-0.3, -0.25) is 4.79 Å². The van der Waals surface area contributed by atoms with E-state index in [1.54, 1.807) is 24.3 Å². The Kier molecular flexibility index (Phi) is 7.60. The van der Waals surface area contributed by atoms with Crippen LogP contribution in [0.4, 0.5) is 0 Å². The molecule has 7 nitrogen and oxygen atoms in total. The second-order valence-corrected chi connectivity index (χ2v) is 7.65. The second kappa shape index (κ2) is 11.4. The Morgan fingerprint density at radius 3 is 2.09 bits per heavy atom. The molecular weight excluding hydrogens is 444 g/mol. The van der Waals surface area contributed by atoms with E-state index in [-0.39, 0.29) is 18.1 Å². The first-order chi connectivity index (χ1) is 17.1. The van der Waals surface area contributed by atoms with Gasteiger partial charge < -0.3 is 19.7 Å². The maximum absolute atomic E-state index is 12.8. The van der Waals surface area contributed by atoms with E-state index in [1.165, 1.54) is 18.3 Å². The second-order valence-electron chi connectivity index (χ2n) is 7.65. The van der Waals surface area contributed by atoms with Crippen LogP contribution in [0.25, 0.3) is 0 Å². The summed E-state index contributed by atoms with van der Waals surface area (Å²) in [5, 5.41) is 22.9. The number of phenolic OH excluding ortho intramolecular Hbond substituents is 2. The largest absolute Gasteiger partial charge is 0.504 e. The van der Waals surface area contributed by atoms with Gasteiger partial charge in [-0.05, 0) is 47.0 Å². The topological polar surface area (TPSA) is 100 Å². The number of hydrogen-bond donors (Lipinski definition) is 3. The van der Waals surface area contributed by atoms with Gasteiger partial charge in [-0.1, -0.05) is 60.7 Å².